The van der Waals surface area contributed by atoms with E-state index < -0.39 is 8.96 Å². The maximum atomic E-state index is 5.96. The van der Waals surface area contributed by atoms with Gasteiger partial charge in [-0.15, -0.1) is 0 Å². The van der Waals surface area contributed by atoms with Gasteiger partial charge in [-0.3, -0.25) is 0 Å². The van der Waals surface area contributed by atoms with Gasteiger partial charge in [-0.2, -0.15) is 0 Å². The van der Waals surface area contributed by atoms with Crippen molar-refractivity contribution in [1.82, 2.24) is 0 Å². The molecule has 12 heavy (non-hydrogen) atoms. The first-order valence-electron chi connectivity index (χ1n) is 4.25. The van der Waals surface area contributed by atoms with Crippen LogP contribution in [0.25, 0.3) is 0 Å². The Morgan fingerprint density at radius 1 is 1.33 bits per heavy atom. The third kappa shape index (κ3) is 2.77. The minimum absolute atomic E-state index is 0.199. The van der Waals surface area contributed by atoms with Gasteiger partial charge in [0.25, 0.3) is 0 Å². The van der Waals surface area contributed by atoms with E-state index in [0.717, 1.165) is 6.04 Å². The predicted octanol–water partition coefficient (Wildman–Crippen LogP) is 0.337. The van der Waals surface area contributed by atoms with Crippen molar-refractivity contribution in [3.05, 3.63) is 35.9 Å². The number of hydrogen-bond donors (Lipinski definition) is 2. The Labute approximate surface area is 75.3 Å². The van der Waals surface area contributed by atoms with Crippen LogP contribution in [0.1, 0.15) is 12.5 Å². The molecular weight excluding hydrogens is 164 g/mol. The first-order chi connectivity index (χ1) is 5.70. The fraction of sp³-hybridized carbons (Fsp3) is 0.333. The Bertz CT molecular complexity index is 223. The molecule has 0 saturated heterocycles. The van der Waals surface area contributed by atoms with E-state index >= 15 is 0 Å². The molecule has 0 saturated carbocycles. The summed E-state index contributed by atoms with van der Waals surface area (Å²) in [6.07, 6.45) is 0. The van der Waals surface area contributed by atoms with Crippen LogP contribution < -0.4 is 11.1 Å². The second kappa shape index (κ2) is 4.40. The predicted molar refractivity (Wildman–Crippen MR) is 55.1 cm³/mol. The highest BCUT2D eigenvalue weighted by atomic mass is 28.3. The monoisotopic (exact) mass is 180 g/mol. The molecule has 0 fully saturated rings. The molecule has 0 spiro atoms. The van der Waals surface area contributed by atoms with Gasteiger partial charge >= 0.3 is 0 Å². The van der Waals surface area contributed by atoms with Crippen molar-refractivity contribution in [2.75, 3.05) is 0 Å². The SMILES string of the molecule is CC(N)[SiH](N)Cc1ccccc1. The molecule has 0 bridgehead atoms. The largest absolute Gasteiger partial charge is 0.352 e. The maximum absolute atomic E-state index is 5.96. The molecule has 2 unspecified atom stereocenters. The summed E-state index contributed by atoms with van der Waals surface area (Å²) in [5, 5.41) is 5.96. The van der Waals surface area contributed by atoms with E-state index in [-0.39, 0.29) is 5.67 Å². The van der Waals surface area contributed by atoms with Gasteiger partial charge in [0.05, 0.1) is 0 Å². The highest BCUT2D eigenvalue weighted by molar-refractivity contribution is 6.56. The first-order valence-corrected chi connectivity index (χ1v) is 6.40. The average molecular weight is 180 g/mol. The van der Waals surface area contributed by atoms with Crippen molar-refractivity contribution in [3.63, 3.8) is 0 Å². The quantitative estimate of drug-likeness (QED) is 0.659. The Hall–Kier alpha value is -0.643. The van der Waals surface area contributed by atoms with Crippen molar-refractivity contribution >= 4 is 8.96 Å². The number of rotatable bonds is 3. The lowest BCUT2D eigenvalue weighted by Gasteiger charge is -2.12. The molecule has 1 aromatic carbocycles. The van der Waals surface area contributed by atoms with Gasteiger partial charge in [0.2, 0.25) is 0 Å². The van der Waals surface area contributed by atoms with Crippen LogP contribution in [0.2, 0.25) is 0 Å². The van der Waals surface area contributed by atoms with Crippen LogP contribution in [0.15, 0.2) is 30.3 Å². The van der Waals surface area contributed by atoms with Crippen LogP contribution >= 0.6 is 0 Å². The summed E-state index contributed by atoms with van der Waals surface area (Å²) >= 11 is 0. The molecule has 66 valence electrons. The van der Waals surface area contributed by atoms with Crippen molar-refractivity contribution in [2.24, 2.45) is 11.1 Å². The Morgan fingerprint density at radius 3 is 2.42 bits per heavy atom. The number of benzene rings is 1. The molecule has 3 heteroatoms. The highest BCUT2D eigenvalue weighted by Gasteiger charge is 2.10. The van der Waals surface area contributed by atoms with E-state index in [2.05, 4.69) is 12.1 Å². The lowest BCUT2D eigenvalue weighted by Crippen LogP contribution is -2.45. The van der Waals surface area contributed by atoms with E-state index in [1.54, 1.807) is 0 Å². The van der Waals surface area contributed by atoms with Crippen molar-refractivity contribution in [1.29, 1.82) is 0 Å². The summed E-state index contributed by atoms with van der Waals surface area (Å²) in [6.45, 7) is 2.00. The Morgan fingerprint density at radius 2 is 1.92 bits per heavy atom. The van der Waals surface area contributed by atoms with Crippen LogP contribution in [0, 0.1) is 0 Å². The van der Waals surface area contributed by atoms with E-state index in [4.69, 9.17) is 11.1 Å². The molecule has 0 heterocycles. The normalized spacial score (nSPS) is 15.6. The Balaban J connectivity index is 2.53. The fourth-order valence-corrected chi connectivity index (χ4v) is 2.26. The summed E-state index contributed by atoms with van der Waals surface area (Å²) in [4.78, 5) is 0. The smallest absolute Gasteiger partial charge is 0.127 e. The maximum Gasteiger partial charge on any atom is 0.127 e. The van der Waals surface area contributed by atoms with Gasteiger partial charge < -0.3 is 11.1 Å². The van der Waals surface area contributed by atoms with E-state index in [9.17, 15) is 0 Å². The lowest BCUT2D eigenvalue weighted by molar-refractivity contribution is 0.971. The minimum Gasteiger partial charge on any atom is -0.352 e. The fourth-order valence-electron chi connectivity index (χ4n) is 1.07. The van der Waals surface area contributed by atoms with Crippen LogP contribution in [0.4, 0.5) is 0 Å². The van der Waals surface area contributed by atoms with Crippen LogP contribution in [0.5, 0.6) is 0 Å². The Kier molecular flexibility index (Phi) is 3.46. The van der Waals surface area contributed by atoms with Gasteiger partial charge in [0.15, 0.2) is 0 Å². The summed E-state index contributed by atoms with van der Waals surface area (Å²) in [5.41, 5.74) is 7.23. The molecule has 4 N–H and O–H groups in total. The van der Waals surface area contributed by atoms with E-state index in [0.29, 0.717) is 0 Å². The zero-order chi connectivity index (χ0) is 8.97. The standard InChI is InChI=1S/C9H16N2Si/c1-8(10)12(11)7-9-5-3-2-4-6-9/h2-6,8,12H,7,10-11H2,1H3. The molecular formula is C9H16N2Si. The molecule has 0 aliphatic heterocycles. The molecule has 0 aliphatic rings. The second-order valence-electron chi connectivity index (χ2n) is 3.21. The topological polar surface area (TPSA) is 52.0 Å². The zero-order valence-corrected chi connectivity index (χ0v) is 8.56. The van der Waals surface area contributed by atoms with Gasteiger partial charge in [0, 0.05) is 5.67 Å². The van der Waals surface area contributed by atoms with Gasteiger partial charge in [-0.1, -0.05) is 37.3 Å². The molecule has 0 amide bonds. The molecule has 1 rings (SSSR count). The third-order valence-electron chi connectivity index (χ3n) is 1.99. The van der Waals surface area contributed by atoms with E-state index in [1.807, 2.05) is 25.1 Å². The van der Waals surface area contributed by atoms with Crippen LogP contribution in [-0.2, 0) is 6.04 Å². The number of nitrogens with two attached hydrogens (primary N) is 2. The van der Waals surface area contributed by atoms with Gasteiger partial charge in [-0.25, -0.2) is 0 Å². The summed E-state index contributed by atoms with van der Waals surface area (Å²) < 4.78 is 0. The van der Waals surface area contributed by atoms with Crippen LogP contribution in [0.3, 0.4) is 0 Å². The third-order valence-corrected chi connectivity index (χ3v) is 4.28. The average Bonchev–Trinajstić information content (AvgIpc) is 2.06. The minimum atomic E-state index is -1.22. The second-order valence-corrected chi connectivity index (χ2v) is 6.00. The zero-order valence-electron chi connectivity index (χ0n) is 7.40. The van der Waals surface area contributed by atoms with Crippen molar-refractivity contribution in [2.45, 2.75) is 18.6 Å². The summed E-state index contributed by atoms with van der Waals surface area (Å²) in [5.74, 6) is 0. The highest BCUT2D eigenvalue weighted by Crippen LogP contribution is 2.00. The molecule has 0 aliphatic carbocycles. The number of hydrogen-bond acceptors (Lipinski definition) is 2. The van der Waals surface area contributed by atoms with Crippen molar-refractivity contribution in [3.8, 4) is 0 Å². The molecule has 2 atom stereocenters. The van der Waals surface area contributed by atoms with Crippen LogP contribution in [-0.4, -0.2) is 14.6 Å². The van der Waals surface area contributed by atoms with Gasteiger partial charge in [0.1, 0.15) is 8.96 Å². The first kappa shape index (κ1) is 9.44. The van der Waals surface area contributed by atoms with E-state index in [1.165, 1.54) is 5.56 Å². The molecule has 1 aromatic rings. The molecule has 2 nitrogen and oxygen atoms in total. The summed E-state index contributed by atoms with van der Waals surface area (Å²) in [7, 11) is -1.22. The molecule has 0 aromatic heterocycles. The summed E-state index contributed by atoms with van der Waals surface area (Å²) in [6, 6.07) is 11.3. The lowest BCUT2D eigenvalue weighted by atomic mass is 10.2. The van der Waals surface area contributed by atoms with Gasteiger partial charge in [-0.05, 0) is 11.6 Å². The van der Waals surface area contributed by atoms with Crippen molar-refractivity contribution < 1.29 is 0 Å². The molecule has 0 radical (unpaired) electrons.